The molecule has 1 saturated heterocycles. The number of amides is 1. The van der Waals surface area contributed by atoms with Crippen molar-refractivity contribution in [1.82, 2.24) is 10.2 Å². The summed E-state index contributed by atoms with van der Waals surface area (Å²) in [6.07, 6.45) is 10.0. The minimum Gasteiger partial charge on any atom is -0.325 e. The van der Waals surface area contributed by atoms with E-state index in [1.165, 1.54) is 32.1 Å². The Balaban J connectivity index is 1.70. The van der Waals surface area contributed by atoms with E-state index in [2.05, 4.69) is 17.1 Å². The Hall–Kier alpha value is -0.570. The normalized spacial score (nSPS) is 29.9. The molecule has 3 aliphatic rings. The number of nitrogens with one attached hydrogen (secondary N) is 1. The molecule has 1 unspecified atom stereocenters. The van der Waals surface area contributed by atoms with Gasteiger partial charge in [-0.3, -0.25) is 10.1 Å². The van der Waals surface area contributed by atoms with E-state index in [-0.39, 0.29) is 5.54 Å². The third kappa shape index (κ3) is 1.88. The lowest BCUT2D eigenvalue weighted by molar-refractivity contribution is -0.133. The molecule has 3 fully saturated rings. The van der Waals surface area contributed by atoms with E-state index in [9.17, 15) is 4.79 Å². The van der Waals surface area contributed by atoms with Crippen molar-refractivity contribution in [3.8, 4) is 0 Å². The van der Waals surface area contributed by atoms with Gasteiger partial charge in [0.05, 0.1) is 12.2 Å². The first-order valence-electron chi connectivity index (χ1n) is 7.33. The first-order chi connectivity index (χ1) is 8.27. The number of hydrogen-bond donors (Lipinski definition) is 1. The Labute approximate surface area is 104 Å². The smallest absolute Gasteiger partial charge is 0.244 e. The third-order valence-electron chi connectivity index (χ3n) is 5.02. The average Bonchev–Trinajstić information content (AvgIpc) is 3.09. The predicted octanol–water partition coefficient (Wildman–Crippen LogP) is 2.27. The van der Waals surface area contributed by atoms with Gasteiger partial charge in [-0.15, -0.1) is 0 Å². The standard InChI is InChI=1S/C14H24N2O/c1-2-12(11-6-4-3-5-7-11)16-10-15-14(8-9-14)13(16)17/h11-12,15H,2-10H2,1H3. The van der Waals surface area contributed by atoms with Gasteiger partial charge in [-0.05, 0) is 38.0 Å². The van der Waals surface area contributed by atoms with Gasteiger partial charge in [-0.2, -0.15) is 0 Å². The van der Waals surface area contributed by atoms with Crippen molar-refractivity contribution in [3.05, 3.63) is 0 Å². The molecule has 1 amide bonds. The summed E-state index contributed by atoms with van der Waals surface area (Å²) in [5.74, 6) is 1.16. The summed E-state index contributed by atoms with van der Waals surface area (Å²) in [6.45, 7) is 3.04. The van der Waals surface area contributed by atoms with Crippen LogP contribution in [0.2, 0.25) is 0 Å². The van der Waals surface area contributed by atoms with E-state index in [4.69, 9.17) is 0 Å². The lowest BCUT2D eigenvalue weighted by Gasteiger charge is -2.35. The highest BCUT2D eigenvalue weighted by molar-refractivity contribution is 5.91. The number of carbonyl (C=O) groups excluding carboxylic acids is 1. The highest BCUT2D eigenvalue weighted by atomic mass is 16.2. The quantitative estimate of drug-likeness (QED) is 0.815. The molecule has 0 bridgehead atoms. The zero-order valence-electron chi connectivity index (χ0n) is 10.9. The molecule has 1 atom stereocenters. The fourth-order valence-corrected chi connectivity index (χ4v) is 3.77. The second-order valence-electron chi connectivity index (χ2n) is 6.07. The lowest BCUT2D eigenvalue weighted by atomic mass is 9.82. The molecule has 3 heteroatoms. The Bertz CT molecular complexity index is 305. The molecule has 0 aromatic heterocycles. The largest absolute Gasteiger partial charge is 0.325 e. The molecule has 3 rings (SSSR count). The van der Waals surface area contributed by atoms with Crippen molar-refractivity contribution in [2.45, 2.75) is 69.9 Å². The van der Waals surface area contributed by atoms with Crippen molar-refractivity contribution in [2.75, 3.05) is 6.67 Å². The molecule has 2 aliphatic carbocycles. The zero-order chi connectivity index (χ0) is 11.9. The second kappa shape index (κ2) is 4.27. The summed E-state index contributed by atoms with van der Waals surface area (Å²) in [7, 11) is 0. The van der Waals surface area contributed by atoms with Crippen LogP contribution in [0.15, 0.2) is 0 Å². The van der Waals surface area contributed by atoms with Gasteiger partial charge in [-0.1, -0.05) is 26.2 Å². The maximum Gasteiger partial charge on any atom is 0.244 e. The third-order valence-corrected chi connectivity index (χ3v) is 5.02. The Morgan fingerprint density at radius 2 is 2.06 bits per heavy atom. The van der Waals surface area contributed by atoms with Crippen LogP contribution in [0, 0.1) is 5.92 Å². The molecule has 1 heterocycles. The molecule has 17 heavy (non-hydrogen) atoms. The zero-order valence-corrected chi connectivity index (χ0v) is 10.9. The van der Waals surface area contributed by atoms with Crippen molar-refractivity contribution in [1.29, 1.82) is 0 Å². The van der Waals surface area contributed by atoms with E-state index in [0.29, 0.717) is 11.9 Å². The molecule has 0 aromatic rings. The molecular weight excluding hydrogens is 212 g/mol. The van der Waals surface area contributed by atoms with Crippen molar-refractivity contribution >= 4 is 5.91 Å². The number of carbonyl (C=O) groups is 1. The fraction of sp³-hybridized carbons (Fsp3) is 0.929. The molecule has 0 aromatic carbocycles. The maximum atomic E-state index is 12.4. The first kappa shape index (κ1) is 11.5. The van der Waals surface area contributed by atoms with E-state index < -0.39 is 0 Å². The van der Waals surface area contributed by atoms with Crippen LogP contribution in [-0.4, -0.2) is 29.1 Å². The van der Waals surface area contributed by atoms with Crippen molar-refractivity contribution in [2.24, 2.45) is 5.92 Å². The minimum atomic E-state index is -0.109. The highest BCUT2D eigenvalue weighted by Crippen LogP contribution is 2.42. The monoisotopic (exact) mass is 236 g/mol. The van der Waals surface area contributed by atoms with Crippen LogP contribution in [0.3, 0.4) is 0 Å². The van der Waals surface area contributed by atoms with Crippen LogP contribution < -0.4 is 5.32 Å². The minimum absolute atomic E-state index is 0.109. The maximum absolute atomic E-state index is 12.4. The van der Waals surface area contributed by atoms with Gasteiger partial charge < -0.3 is 4.90 Å². The van der Waals surface area contributed by atoms with Crippen LogP contribution in [0.5, 0.6) is 0 Å². The Morgan fingerprint density at radius 3 is 2.59 bits per heavy atom. The Kier molecular flexibility index (Phi) is 2.89. The molecule has 1 aliphatic heterocycles. The molecule has 2 saturated carbocycles. The topological polar surface area (TPSA) is 32.3 Å². The number of rotatable bonds is 3. The van der Waals surface area contributed by atoms with Gasteiger partial charge in [-0.25, -0.2) is 0 Å². The van der Waals surface area contributed by atoms with Crippen LogP contribution in [0.1, 0.15) is 58.3 Å². The molecule has 3 nitrogen and oxygen atoms in total. The van der Waals surface area contributed by atoms with Gasteiger partial charge in [0.2, 0.25) is 5.91 Å². The fourth-order valence-electron chi connectivity index (χ4n) is 3.77. The number of hydrogen-bond acceptors (Lipinski definition) is 2. The second-order valence-corrected chi connectivity index (χ2v) is 6.07. The van der Waals surface area contributed by atoms with Crippen molar-refractivity contribution in [3.63, 3.8) is 0 Å². The summed E-state index contributed by atoms with van der Waals surface area (Å²) in [4.78, 5) is 14.6. The van der Waals surface area contributed by atoms with Gasteiger partial charge in [0.1, 0.15) is 0 Å². The summed E-state index contributed by atoms with van der Waals surface area (Å²) in [5.41, 5.74) is -0.109. The Morgan fingerprint density at radius 1 is 1.35 bits per heavy atom. The van der Waals surface area contributed by atoms with E-state index in [1.807, 2.05) is 0 Å². The summed E-state index contributed by atoms with van der Waals surface area (Å²) >= 11 is 0. The van der Waals surface area contributed by atoms with Crippen LogP contribution in [-0.2, 0) is 4.79 Å². The highest BCUT2D eigenvalue weighted by Gasteiger charge is 2.57. The van der Waals surface area contributed by atoms with Crippen LogP contribution >= 0.6 is 0 Å². The number of nitrogens with zero attached hydrogens (tertiary/aromatic N) is 1. The van der Waals surface area contributed by atoms with Crippen LogP contribution in [0.25, 0.3) is 0 Å². The molecule has 96 valence electrons. The van der Waals surface area contributed by atoms with Gasteiger partial charge in [0.15, 0.2) is 0 Å². The van der Waals surface area contributed by atoms with E-state index in [0.717, 1.165) is 31.8 Å². The molecule has 0 radical (unpaired) electrons. The van der Waals surface area contributed by atoms with Crippen LogP contribution in [0.4, 0.5) is 0 Å². The lowest BCUT2D eigenvalue weighted by Crippen LogP contribution is -2.43. The molecule has 1 N–H and O–H groups in total. The molecular formula is C14H24N2O. The van der Waals surface area contributed by atoms with Gasteiger partial charge >= 0.3 is 0 Å². The molecule has 1 spiro atoms. The first-order valence-corrected chi connectivity index (χ1v) is 7.33. The summed E-state index contributed by atoms with van der Waals surface area (Å²) < 4.78 is 0. The summed E-state index contributed by atoms with van der Waals surface area (Å²) in [5, 5.41) is 3.44. The SMILES string of the molecule is CCC(C1CCCCC1)N1CNC2(CC2)C1=O. The average molecular weight is 236 g/mol. The van der Waals surface area contributed by atoms with Gasteiger partial charge in [0.25, 0.3) is 0 Å². The van der Waals surface area contributed by atoms with Gasteiger partial charge in [0, 0.05) is 6.04 Å². The summed E-state index contributed by atoms with van der Waals surface area (Å²) in [6, 6.07) is 0.496. The van der Waals surface area contributed by atoms with E-state index >= 15 is 0 Å². The van der Waals surface area contributed by atoms with E-state index in [1.54, 1.807) is 0 Å². The van der Waals surface area contributed by atoms with Crippen molar-refractivity contribution < 1.29 is 4.79 Å². The predicted molar refractivity (Wildman–Crippen MR) is 67.5 cm³/mol.